The predicted molar refractivity (Wildman–Crippen MR) is 114 cm³/mol. The number of amides is 3. The molecule has 0 N–H and O–H groups in total. The van der Waals surface area contributed by atoms with Crippen LogP contribution >= 0.6 is 0 Å². The number of nitrogens with zero attached hydrogens (tertiary/aromatic N) is 4. The van der Waals surface area contributed by atoms with Crippen molar-refractivity contribution in [2.24, 2.45) is 0 Å². The van der Waals surface area contributed by atoms with Crippen LogP contribution in [0.4, 0.5) is 4.79 Å². The molecule has 3 aliphatic rings. The molecule has 0 radical (unpaired) electrons. The molecule has 3 fully saturated rings. The summed E-state index contributed by atoms with van der Waals surface area (Å²) in [7, 11) is 0. The second-order valence-corrected chi connectivity index (χ2v) is 9.73. The molecule has 0 bridgehead atoms. The van der Waals surface area contributed by atoms with Gasteiger partial charge >= 0.3 is 6.09 Å². The van der Waals surface area contributed by atoms with Crippen molar-refractivity contribution in [1.29, 1.82) is 0 Å². The van der Waals surface area contributed by atoms with Gasteiger partial charge in [0.1, 0.15) is 11.6 Å². The first-order valence-corrected chi connectivity index (χ1v) is 11.5. The molecule has 0 saturated carbocycles. The van der Waals surface area contributed by atoms with Crippen molar-refractivity contribution < 1.29 is 19.1 Å². The van der Waals surface area contributed by atoms with E-state index in [-0.39, 0.29) is 11.8 Å². The molecular formula is C22H38N4O4. The second kappa shape index (κ2) is 9.98. The molecule has 0 aromatic rings. The van der Waals surface area contributed by atoms with Crippen molar-refractivity contribution in [3.8, 4) is 0 Å². The lowest BCUT2D eigenvalue weighted by atomic mass is 10.1. The van der Waals surface area contributed by atoms with Gasteiger partial charge in [-0.25, -0.2) is 4.79 Å². The highest BCUT2D eigenvalue weighted by Crippen LogP contribution is 2.23. The minimum atomic E-state index is -0.571. The van der Waals surface area contributed by atoms with Gasteiger partial charge in [0, 0.05) is 45.8 Å². The molecule has 170 valence electrons. The monoisotopic (exact) mass is 422 g/mol. The predicted octanol–water partition coefficient (Wildman–Crippen LogP) is 1.93. The largest absolute Gasteiger partial charge is 0.444 e. The molecule has 0 aliphatic carbocycles. The second-order valence-electron chi connectivity index (χ2n) is 9.73. The fourth-order valence-electron chi connectivity index (χ4n) is 4.51. The van der Waals surface area contributed by atoms with E-state index in [9.17, 15) is 14.4 Å². The summed E-state index contributed by atoms with van der Waals surface area (Å²) in [5.74, 6) is 0.223. The number of hydrogen-bond acceptors (Lipinski definition) is 5. The Kier molecular flexibility index (Phi) is 7.60. The number of carbonyl (C=O) groups is 3. The molecule has 1 atom stereocenters. The summed E-state index contributed by atoms with van der Waals surface area (Å²) in [6.45, 7) is 10.9. The highest BCUT2D eigenvalue weighted by molar-refractivity contribution is 5.86. The first-order chi connectivity index (χ1) is 14.2. The number of rotatable bonds is 3. The lowest BCUT2D eigenvalue weighted by Crippen LogP contribution is -2.56. The molecule has 3 amide bonds. The van der Waals surface area contributed by atoms with E-state index in [2.05, 4.69) is 4.90 Å². The summed E-state index contributed by atoms with van der Waals surface area (Å²) in [6, 6.07) is -0.426. The first-order valence-electron chi connectivity index (χ1n) is 11.5. The smallest absolute Gasteiger partial charge is 0.410 e. The molecule has 1 unspecified atom stereocenters. The van der Waals surface area contributed by atoms with Gasteiger partial charge in [-0.2, -0.15) is 0 Å². The fourth-order valence-corrected chi connectivity index (χ4v) is 4.51. The van der Waals surface area contributed by atoms with Crippen LogP contribution in [0.5, 0.6) is 0 Å². The Bertz CT molecular complexity index is 617. The van der Waals surface area contributed by atoms with Crippen LogP contribution < -0.4 is 0 Å². The lowest BCUT2D eigenvalue weighted by molar-refractivity contribution is -0.138. The third kappa shape index (κ3) is 6.09. The molecule has 3 rings (SSSR count). The van der Waals surface area contributed by atoms with Gasteiger partial charge in [-0.15, -0.1) is 0 Å². The normalized spacial score (nSPS) is 24.0. The standard InChI is InChI=1S/C22H38N4O4/c1-22(2,3)30-21(29)26-12-8-9-18(26)20(28)25-15-13-23(14-16-25)17-19(27)24-10-6-4-5-7-11-24/h18H,4-17H2,1-3H3. The zero-order valence-electron chi connectivity index (χ0n) is 18.9. The third-order valence-corrected chi connectivity index (χ3v) is 6.17. The summed E-state index contributed by atoms with van der Waals surface area (Å²) >= 11 is 0. The van der Waals surface area contributed by atoms with Crippen LogP contribution in [0.25, 0.3) is 0 Å². The first kappa shape index (κ1) is 22.8. The van der Waals surface area contributed by atoms with Crippen molar-refractivity contribution in [2.45, 2.75) is 70.9 Å². The third-order valence-electron chi connectivity index (χ3n) is 6.17. The van der Waals surface area contributed by atoms with E-state index < -0.39 is 17.7 Å². The Morgan fingerprint density at radius 2 is 1.43 bits per heavy atom. The quantitative estimate of drug-likeness (QED) is 0.695. The Balaban J connectivity index is 1.47. The minimum Gasteiger partial charge on any atom is -0.444 e. The molecule has 0 aromatic heterocycles. The Morgan fingerprint density at radius 1 is 0.800 bits per heavy atom. The van der Waals surface area contributed by atoms with Crippen molar-refractivity contribution >= 4 is 17.9 Å². The van der Waals surface area contributed by atoms with E-state index in [0.29, 0.717) is 45.7 Å². The van der Waals surface area contributed by atoms with E-state index in [1.54, 1.807) is 4.90 Å². The zero-order valence-corrected chi connectivity index (χ0v) is 18.9. The van der Waals surface area contributed by atoms with Crippen LogP contribution in [0.15, 0.2) is 0 Å². The van der Waals surface area contributed by atoms with E-state index in [4.69, 9.17) is 4.74 Å². The summed E-state index contributed by atoms with van der Waals surface area (Å²) in [5, 5.41) is 0. The van der Waals surface area contributed by atoms with Gasteiger partial charge in [0.25, 0.3) is 0 Å². The van der Waals surface area contributed by atoms with E-state index in [0.717, 1.165) is 32.4 Å². The van der Waals surface area contributed by atoms with Crippen LogP contribution in [0.2, 0.25) is 0 Å². The van der Waals surface area contributed by atoms with Crippen molar-refractivity contribution in [1.82, 2.24) is 19.6 Å². The highest BCUT2D eigenvalue weighted by atomic mass is 16.6. The molecule has 0 spiro atoms. The molecule has 3 aliphatic heterocycles. The van der Waals surface area contributed by atoms with E-state index >= 15 is 0 Å². The number of carbonyl (C=O) groups excluding carboxylic acids is 3. The summed E-state index contributed by atoms with van der Waals surface area (Å²) in [4.78, 5) is 45.8. The minimum absolute atomic E-state index is 0.0110. The Hall–Kier alpha value is -1.83. The van der Waals surface area contributed by atoms with Crippen LogP contribution in [-0.4, -0.2) is 102 Å². The summed E-state index contributed by atoms with van der Waals surface area (Å²) < 4.78 is 5.48. The van der Waals surface area contributed by atoms with Gasteiger partial charge in [0.15, 0.2) is 0 Å². The number of piperazine rings is 1. The maximum absolute atomic E-state index is 13.1. The molecular weight excluding hydrogens is 384 g/mol. The number of ether oxygens (including phenoxy) is 1. The van der Waals surface area contributed by atoms with Crippen LogP contribution in [0, 0.1) is 0 Å². The molecule has 8 heteroatoms. The maximum Gasteiger partial charge on any atom is 0.410 e. The van der Waals surface area contributed by atoms with Crippen molar-refractivity contribution in [3.63, 3.8) is 0 Å². The summed E-state index contributed by atoms with van der Waals surface area (Å²) in [5.41, 5.74) is -0.571. The highest BCUT2D eigenvalue weighted by Gasteiger charge is 2.39. The van der Waals surface area contributed by atoms with E-state index in [1.807, 2.05) is 30.6 Å². The number of hydrogen-bond donors (Lipinski definition) is 0. The SMILES string of the molecule is CC(C)(C)OC(=O)N1CCCC1C(=O)N1CCN(CC(=O)N2CCCCCC2)CC1. The van der Waals surface area contributed by atoms with Crippen LogP contribution in [0.3, 0.4) is 0 Å². The summed E-state index contributed by atoms with van der Waals surface area (Å²) in [6.07, 6.45) is 5.73. The van der Waals surface area contributed by atoms with Gasteiger partial charge in [-0.3, -0.25) is 19.4 Å². The molecule has 3 saturated heterocycles. The molecule has 8 nitrogen and oxygen atoms in total. The van der Waals surface area contributed by atoms with Gasteiger partial charge in [0.2, 0.25) is 11.8 Å². The lowest BCUT2D eigenvalue weighted by Gasteiger charge is -2.37. The van der Waals surface area contributed by atoms with E-state index in [1.165, 1.54) is 12.8 Å². The number of likely N-dealkylation sites (tertiary alicyclic amines) is 2. The molecule has 3 heterocycles. The average molecular weight is 423 g/mol. The van der Waals surface area contributed by atoms with Crippen LogP contribution in [-0.2, 0) is 14.3 Å². The average Bonchev–Trinajstić information content (AvgIpc) is 3.02. The van der Waals surface area contributed by atoms with Crippen molar-refractivity contribution in [2.75, 3.05) is 52.4 Å². The van der Waals surface area contributed by atoms with Crippen molar-refractivity contribution in [3.05, 3.63) is 0 Å². The van der Waals surface area contributed by atoms with Gasteiger partial charge in [-0.1, -0.05) is 12.8 Å². The maximum atomic E-state index is 13.1. The van der Waals surface area contributed by atoms with Crippen LogP contribution in [0.1, 0.15) is 59.3 Å². The molecule has 0 aromatic carbocycles. The Morgan fingerprint density at radius 3 is 2.03 bits per heavy atom. The van der Waals surface area contributed by atoms with Gasteiger partial charge < -0.3 is 14.5 Å². The Labute approximate surface area is 180 Å². The van der Waals surface area contributed by atoms with Gasteiger partial charge in [-0.05, 0) is 46.5 Å². The van der Waals surface area contributed by atoms with Gasteiger partial charge in [0.05, 0.1) is 6.54 Å². The molecule has 30 heavy (non-hydrogen) atoms. The topological polar surface area (TPSA) is 73.4 Å². The fraction of sp³-hybridized carbons (Fsp3) is 0.864. The zero-order chi connectivity index (χ0) is 21.7.